The molecule has 2 aliphatic heterocycles. The minimum absolute atomic E-state index is 0.0368. The molecule has 0 radical (unpaired) electrons. The summed E-state index contributed by atoms with van der Waals surface area (Å²) in [5.41, 5.74) is 8.46. The van der Waals surface area contributed by atoms with Crippen LogP contribution in [0.15, 0.2) is 41.4 Å². The van der Waals surface area contributed by atoms with Gasteiger partial charge in [-0.15, -0.1) is 0 Å². The van der Waals surface area contributed by atoms with Crippen LogP contribution in [0.1, 0.15) is 29.2 Å². The largest absolute Gasteiger partial charge is 0.493 e. The Labute approximate surface area is 150 Å². The quantitative estimate of drug-likeness (QED) is 0.652. The van der Waals surface area contributed by atoms with Crippen LogP contribution in [0.4, 0.5) is 4.39 Å². The van der Waals surface area contributed by atoms with Gasteiger partial charge in [-0.05, 0) is 18.2 Å². The molecule has 2 aliphatic rings. The predicted octanol–water partition coefficient (Wildman–Crippen LogP) is 2.62. The van der Waals surface area contributed by atoms with Gasteiger partial charge in [-0.25, -0.2) is 9.38 Å². The molecule has 1 atom stereocenters. The van der Waals surface area contributed by atoms with Crippen molar-refractivity contribution in [2.75, 3.05) is 13.4 Å². The van der Waals surface area contributed by atoms with Crippen LogP contribution in [-0.2, 0) is 17.9 Å². The summed E-state index contributed by atoms with van der Waals surface area (Å²) < 4.78 is 30.1. The number of nitrogens with one attached hydrogen (secondary N) is 1. The maximum Gasteiger partial charge on any atom is 0.189 e. The maximum atomic E-state index is 13.8. The summed E-state index contributed by atoms with van der Waals surface area (Å²) in [6.07, 6.45) is 0.795. The third-order valence-corrected chi connectivity index (χ3v) is 4.45. The fourth-order valence-corrected chi connectivity index (χ4v) is 3.26. The van der Waals surface area contributed by atoms with Gasteiger partial charge in [0.25, 0.3) is 0 Å². The van der Waals surface area contributed by atoms with Gasteiger partial charge < -0.3 is 25.3 Å². The van der Waals surface area contributed by atoms with E-state index in [-0.39, 0.29) is 25.2 Å². The average Bonchev–Trinajstić information content (AvgIpc) is 2.66. The van der Waals surface area contributed by atoms with Crippen molar-refractivity contribution in [1.82, 2.24) is 5.32 Å². The summed E-state index contributed by atoms with van der Waals surface area (Å²) >= 11 is 0. The molecule has 6 nitrogen and oxygen atoms in total. The molecule has 0 amide bonds. The van der Waals surface area contributed by atoms with Crippen molar-refractivity contribution >= 4 is 5.96 Å². The number of fused-ring (bicyclic) bond motifs is 2. The third-order valence-electron chi connectivity index (χ3n) is 4.45. The number of hydrogen-bond acceptors (Lipinski definition) is 4. The Bertz CT molecular complexity index is 841. The molecule has 26 heavy (non-hydrogen) atoms. The Hall–Kier alpha value is -2.80. The molecule has 0 bridgehead atoms. The van der Waals surface area contributed by atoms with E-state index >= 15 is 0 Å². The number of halogens is 1. The summed E-state index contributed by atoms with van der Waals surface area (Å²) in [5, 5.41) is 3.23. The highest BCUT2D eigenvalue weighted by Gasteiger charge is 2.21. The fourth-order valence-electron chi connectivity index (χ4n) is 3.26. The number of nitrogens with two attached hydrogens (primary N) is 1. The van der Waals surface area contributed by atoms with Crippen LogP contribution in [0.5, 0.6) is 11.5 Å². The topological polar surface area (TPSA) is 78.1 Å². The van der Waals surface area contributed by atoms with Crippen molar-refractivity contribution in [2.24, 2.45) is 10.7 Å². The maximum absolute atomic E-state index is 13.8. The number of nitrogens with zero attached hydrogens (tertiary/aromatic N) is 1. The molecule has 3 N–H and O–H groups in total. The standard InChI is InChI=1S/C19H20FN3O3/c20-14-7-12(18-13(8-14)10-24-11-26-18)9-22-19(21)23-16-5-6-25-17-4-2-1-3-15(16)17/h1-4,7-8,16H,5-6,9-11H2,(H3,21,22,23). The molecule has 0 aliphatic carbocycles. The Kier molecular flexibility index (Phi) is 4.62. The first kappa shape index (κ1) is 16.7. The van der Waals surface area contributed by atoms with Crippen LogP contribution in [0.2, 0.25) is 0 Å². The smallest absolute Gasteiger partial charge is 0.189 e. The number of benzene rings is 2. The van der Waals surface area contributed by atoms with Gasteiger partial charge in [0.05, 0.1) is 25.8 Å². The van der Waals surface area contributed by atoms with Crippen molar-refractivity contribution in [3.8, 4) is 11.5 Å². The zero-order valence-electron chi connectivity index (χ0n) is 14.2. The van der Waals surface area contributed by atoms with Crippen molar-refractivity contribution in [3.63, 3.8) is 0 Å². The van der Waals surface area contributed by atoms with E-state index in [1.807, 2.05) is 24.3 Å². The van der Waals surface area contributed by atoms with Gasteiger partial charge in [-0.3, -0.25) is 0 Å². The molecular weight excluding hydrogens is 337 g/mol. The van der Waals surface area contributed by atoms with Gasteiger partial charge in [-0.1, -0.05) is 18.2 Å². The molecule has 0 saturated carbocycles. The number of ether oxygens (including phenoxy) is 3. The van der Waals surface area contributed by atoms with Gasteiger partial charge in [0.1, 0.15) is 17.3 Å². The van der Waals surface area contributed by atoms with E-state index in [1.54, 1.807) is 0 Å². The van der Waals surface area contributed by atoms with Crippen LogP contribution in [0, 0.1) is 5.82 Å². The fraction of sp³-hybridized carbons (Fsp3) is 0.316. The molecule has 0 fully saturated rings. The number of hydrogen-bond donors (Lipinski definition) is 2. The van der Waals surface area contributed by atoms with E-state index in [0.29, 0.717) is 36.0 Å². The number of para-hydroxylation sites is 1. The molecule has 1 unspecified atom stereocenters. The molecule has 136 valence electrons. The first-order valence-corrected chi connectivity index (χ1v) is 8.51. The van der Waals surface area contributed by atoms with Crippen LogP contribution < -0.4 is 20.5 Å². The zero-order chi connectivity index (χ0) is 17.9. The Morgan fingerprint density at radius 1 is 1.27 bits per heavy atom. The Morgan fingerprint density at radius 2 is 2.15 bits per heavy atom. The molecule has 2 aromatic carbocycles. The highest BCUT2D eigenvalue weighted by molar-refractivity contribution is 5.78. The van der Waals surface area contributed by atoms with Crippen LogP contribution in [0.25, 0.3) is 0 Å². The second-order valence-electron chi connectivity index (χ2n) is 6.24. The normalized spacial score (nSPS) is 19.0. The lowest BCUT2D eigenvalue weighted by Gasteiger charge is -2.27. The second-order valence-corrected chi connectivity index (χ2v) is 6.24. The van der Waals surface area contributed by atoms with Crippen LogP contribution in [0.3, 0.4) is 0 Å². The van der Waals surface area contributed by atoms with Crippen LogP contribution in [-0.4, -0.2) is 19.4 Å². The number of rotatable bonds is 3. The van der Waals surface area contributed by atoms with Crippen molar-refractivity contribution in [1.29, 1.82) is 0 Å². The summed E-state index contributed by atoms with van der Waals surface area (Å²) in [4.78, 5) is 4.37. The molecule has 0 saturated heterocycles. The van der Waals surface area contributed by atoms with E-state index in [4.69, 9.17) is 19.9 Å². The highest BCUT2D eigenvalue weighted by atomic mass is 19.1. The summed E-state index contributed by atoms with van der Waals surface area (Å²) in [5.74, 6) is 1.45. The second kappa shape index (κ2) is 7.21. The molecule has 0 aromatic heterocycles. The van der Waals surface area contributed by atoms with Gasteiger partial charge in [0.2, 0.25) is 0 Å². The Balaban J connectivity index is 1.49. The zero-order valence-corrected chi connectivity index (χ0v) is 14.2. The van der Waals surface area contributed by atoms with Gasteiger partial charge >= 0.3 is 0 Å². The Morgan fingerprint density at radius 3 is 3.08 bits per heavy atom. The lowest BCUT2D eigenvalue weighted by atomic mass is 10.0. The monoisotopic (exact) mass is 357 g/mol. The molecule has 2 aromatic rings. The number of aliphatic imine (C=N–C) groups is 1. The minimum Gasteiger partial charge on any atom is -0.493 e. The predicted molar refractivity (Wildman–Crippen MR) is 94.4 cm³/mol. The van der Waals surface area contributed by atoms with Gasteiger partial charge in [-0.2, -0.15) is 0 Å². The van der Waals surface area contributed by atoms with Crippen molar-refractivity contribution < 1.29 is 18.6 Å². The summed E-state index contributed by atoms with van der Waals surface area (Å²) in [7, 11) is 0. The SMILES string of the molecule is NC(=NCc1cc(F)cc2c1OCOC2)NC1CCOc2ccccc21. The average molecular weight is 357 g/mol. The van der Waals surface area contributed by atoms with Crippen LogP contribution >= 0.6 is 0 Å². The van der Waals surface area contributed by atoms with Gasteiger partial charge in [0, 0.05) is 23.1 Å². The summed E-state index contributed by atoms with van der Waals surface area (Å²) in [6.45, 7) is 1.33. The first-order valence-electron chi connectivity index (χ1n) is 8.51. The third kappa shape index (κ3) is 3.43. The van der Waals surface area contributed by atoms with E-state index in [2.05, 4.69) is 10.3 Å². The van der Waals surface area contributed by atoms with Crippen molar-refractivity contribution in [3.05, 3.63) is 58.9 Å². The molecule has 0 spiro atoms. The molecule has 4 rings (SSSR count). The lowest BCUT2D eigenvalue weighted by Crippen LogP contribution is -2.37. The van der Waals surface area contributed by atoms with Gasteiger partial charge in [0.15, 0.2) is 12.8 Å². The highest BCUT2D eigenvalue weighted by Crippen LogP contribution is 2.32. The summed E-state index contributed by atoms with van der Waals surface area (Å²) in [6, 6.07) is 10.7. The van der Waals surface area contributed by atoms with E-state index in [1.165, 1.54) is 12.1 Å². The molecular formula is C19H20FN3O3. The van der Waals surface area contributed by atoms with E-state index < -0.39 is 0 Å². The lowest BCUT2D eigenvalue weighted by molar-refractivity contribution is -0.0172. The van der Waals surface area contributed by atoms with Crippen molar-refractivity contribution in [2.45, 2.75) is 25.6 Å². The molecule has 7 heteroatoms. The molecule has 2 heterocycles. The van der Waals surface area contributed by atoms with E-state index in [0.717, 1.165) is 17.7 Å². The minimum atomic E-state index is -0.340. The van der Waals surface area contributed by atoms with E-state index in [9.17, 15) is 4.39 Å². The first-order chi connectivity index (χ1) is 12.7. The number of guanidine groups is 1.